The van der Waals surface area contributed by atoms with E-state index in [2.05, 4.69) is 10.5 Å². The Morgan fingerprint density at radius 1 is 0.903 bits per heavy atom. The molecule has 0 radical (unpaired) electrons. The molecule has 2 aromatic carbocycles. The Bertz CT molecular complexity index is 873. The van der Waals surface area contributed by atoms with E-state index < -0.39 is 5.91 Å². The largest absolute Gasteiger partial charge is 0.493 e. The van der Waals surface area contributed by atoms with Gasteiger partial charge in [-0.15, -0.1) is 0 Å². The SMILES string of the molecule is CCCOc1ccc(/C=N\NC(=O)c2cc(OC)c(OC)c(OC)c2)c(OCCC)c1. The molecule has 0 bridgehead atoms. The molecular formula is C23H30N2O6. The van der Waals surface area contributed by atoms with Crippen molar-refractivity contribution >= 4 is 12.1 Å². The van der Waals surface area contributed by atoms with Crippen LogP contribution in [0.4, 0.5) is 0 Å². The molecule has 0 unspecified atom stereocenters. The summed E-state index contributed by atoms with van der Waals surface area (Å²) >= 11 is 0. The standard InChI is InChI=1S/C23H30N2O6/c1-6-10-30-18-9-8-16(19(14-18)31-11-7-2)15-24-25-23(26)17-12-20(27-3)22(29-5)21(13-17)28-4/h8-9,12-15H,6-7,10-11H2,1-5H3,(H,25,26)/b24-15-. The fourth-order valence-electron chi connectivity index (χ4n) is 2.71. The molecule has 0 saturated heterocycles. The molecule has 0 aliphatic heterocycles. The van der Waals surface area contributed by atoms with Gasteiger partial charge >= 0.3 is 0 Å². The first-order valence-electron chi connectivity index (χ1n) is 10.1. The van der Waals surface area contributed by atoms with Crippen LogP contribution in [-0.2, 0) is 0 Å². The summed E-state index contributed by atoms with van der Waals surface area (Å²) < 4.78 is 27.3. The number of benzene rings is 2. The fourth-order valence-corrected chi connectivity index (χ4v) is 2.71. The highest BCUT2D eigenvalue weighted by Gasteiger charge is 2.16. The van der Waals surface area contributed by atoms with E-state index in [1.807, 2.05) is 32.0 Å². The van der Waals surface area contributed by atoms with Gasteiger partial charge in [0.25, 0.3) is 5.91 Å². The lowest BCUT2D eigenvalue weighted by atomic mass is 10.1. The second kappa shape index (κ2) is 12.3. The number of hydrogen-bond acceptors (Lipinski definition) is 7. The van der Waals surface area contributed by atoms with Crippen molar-refractivity contribution in [1.82, 2.24) is 5.43 Å². The topological polar surface area (TPSA) is 87.6 Å². The van der Waals surface area contributed by atoms with Gasteiger partial charge in [-0.1, -0.05) is 13.8 Å². The fraction of sp³-hybridized carbons (Fsp3) is 0.391. The number of carbonyl (C=O) groups is 1. The molecular weight excluding hydrogens is 400 g/mol. The van der Waals surface area contributed by atoms with Crippen LogP contribution in [0.25, 0.3) is 0 Å². The van der Waals surface area contributed by atoms with E-state index in [9.17, 15) is 4.79 Å². The summed E-state index contributed by atoms with van der Waals surface area (Å²) in [5, 5.41) is 4.07. The third-order valence-corrected chi connectivity index (χ3v) is 4.22. The minimum absolute atomic E-state index is 0.317. The smallest absolute Gasteiger partial charge is 0.271 e. The molecule has 0 atom stereocenters. The summed E-state index contributed by atoms with van der Waals surface area (Å²) in [5.74, 6) is 2.12. The van der Waals surface area contributed by atoms with Gasteiger partial charge in [-0.2, -0.15) is 5.10 Å². The summed E-state index contributed by atoms with van der Waals surface area (Å²) in [4.78, 5) is 12.6. The second-order valence-electron chi connectivity index (χ2n) is 6.51. The maximum Gasteiger partial charge on any atom is 0.271 e. The third-order valence-electron chi connectivity index (χ3n) is 4.22. The van der Waals surface area contributed by atoms with E-state index in [0.717, 1.165) is 24.2 Å². The number of carbonyl (C=O) groups excluding carboxylic acids is 1. The quantitative estimate of drug-likeness (QED) is 0.404. The number of hydrazone groups is 1. The normalized spacial score (nSPS) is 10.6. The summed E-state index contributed by atoms with van der Waals surface area (Å²) in [6.45, 7) is 5.27. The number of nitrogens with zero attached hydrogens (tertiary/aromatic N) is 1. The van der Waals surface area contributed by atoms with Crippen molar-refractivity contribution < 1.29 is 28.5 Å². The minimum Gasteiger partial charge on any atom is -0.493 e. The molecule has 0 aromatic heterocycles. The second-order valence-corrected chi connectivity index (χ2v) is 6.51. The van der Waals surface area contributed by atoms with Gasteiger partial charge in [-0.3, -0.25) is 4.79 Å². The molecule has 8 heteroatoms. The predicted octanol–water partition coefficient (Wildman–Crippen LogP) is 4.05. The molecule has 168 valence electrons. The Balaban J connectivity index is 2.18. The summed E-state index contributed by atoms with van der Waals surface area (Å²) in [6.07, 6.45) is 3.32. The number of amides is 1. The van der Waals surface area contributed by atoms with Crippen LogP contribution in [0.2, 0.25) is 0 Å². The van der Waals surface area contributed by atoms with Crippen LogP contribution >= 0.6 is 0 Å². The Morgan fingerprint density at radius 2 is 1.55 bits per heavy atom. The van der Waals surface area contributed by atoms with E-state index in [0.29, 0.717) is 41.8 Å². The molecule has 31 heavy (non-hydrogen) atoms. The van der Waals surface area contributed by atoms with Gasteiger partial charge in [0.15, 0.2) is 11.5 Å². The first-order chi connectivity index (χ1) is 15.1. The van der Waals surface area contributed by atoms with E-state index in [-0.39, 0.29) is 0 Å². The van der Waals surface area contributed by atoms with Crippen molar-refractivity contribution in [2.24, 2.45) is 5.10 Å². The monoisotopic (exact) mass is 430 g/mol. The molecule has 0 spiro atoms. The van der Waals surface area contributed by atoms with E-state index >= 15 is 0 Å². The highest BCUT2D eigenvalue weighted by Crippen LogP contribution is 2.38. The van der Waals surface area contributed by atoms with Crippen molar-refractivity contribution in [2.45, 2.75) is 26.7 Å². The Morgan fingerprint density at radius 3 is 2.13 bits per heavy atom. The molecule has 2 rings (SSSR count). The van der Waals surface area contributed by atoms with Gasteiger partial charge in [0.2, 0.25) is 5.75 Å². The van der Waals surface area contributed by atoms with Crippen molar-refractivity contribution in [1.29, 1.82) is 0 Å². The third kappa shape index (κ3) is 6.53. The van der Waals surface area contributed by atoms with E-state index in [1.165, 1.54) is 27.5 Å². The molecule has 2 aromatic rings. The average molecular weight is 431 g/mol. The van der Waals surface area contributed by atoms with Crippen LogP contribution in [0.1, 0.15) is 42.6 Å². The Kier molecular flexibility index (Phi) is 9.48. The lowest BCUT2D eigenvalue weighted by Gasteiger charge is -2.13. The first kappa shape index (κ1) is 23.9. The molecule has 0 aliphatic rings. The minimum atomic E-state index is -0.422. The van der Waals surface area contributed by atoms with Gasteiger partial charge in [-0.25, -0.2) is 5.43 Å². The number of hydrogen-bond donors (Lipinski definition) is 1. The molecule has 0 heterocycles. The zero-order chi connectivity index (χ0) is 22.6. The number of rotatable bonds is 12. The van der Waals surface area contributed by atoms with Gasteiger partial charge in [-0.05, 0) is 37.1 Å². The van der Waals surface area contributed by atoms with Crippen molar-refractivity contribution in [3.63, 3.8) is 0 Å². The maximum atomic E-state index is 12.6. The van der Waals surface area contributed by atoms with Gasteiger partial charge in [0.1, 0.15) is 11.5 Å². The Labute approximate surface area is 183 Å². The molecule has 0 saturated carbocycles. The highest BCUT2D eigenvalue weighted by atomic mass is 16.5. The van der Waals surface area contributed by atoms with Crippen LogP contribution < -0.4 is 29.1 Å². The lowest BCUT2D eigenvalue weighted by molar-refractivity contribution is 0.0954. The van der Waals surface area contributed by atoms with Crippen LogP contribution in [0.3, 0.4) is 0 Å². The van der Waals surface area contributed by atoms with Gasteiger partial charge in [0, 0.05) is 17.2 Å². The van der Waals surface area contributed by atoms with Crippen molar-refractivity contribution in [2.75, 3.05) is 34.5 Å². The number of methoxy groups -OCH3 is 3. The highest BCUT2D eigenvalue weighted by molar-refractivity contribution is 5.96. The molecule has 0 fully saturated rings. The first-order valence-corrected chi connectivity index (χ1v) is 10.1. The van der Waals surface area contributed by atoms with Crippen LogP contribution in [0.15, 0.2) is 35.4 Å². The molecule has 8 nitrogen and oxygen atoms in total. The van der Waals surface area contributed by atoms with Crippen LogP contribution in [0.5, 0.6) is 28.7 Å². The maximum absolute atomic E-state index is 12.6. The lowest BCUT2D eigenvalue weighted by Crippen LogP contribution is -2.18. The van der Waals surface area contributed by atoms with Crippen molar-refractivity contribution in [3.8, 4) is 28.7 Å². The molecule has 0 aliphatic carbocycles. The predicted molar refractivity (Wildman–Crippen MR) is 119 cm³/mol. The zero-order valence-electron chi connectivity index (χ0n) is 18.7. The number of nitrogens with one attached hydrogen (secondary N) is 1. The van der Waals surface area contributed by atoms with Gasteiger partial charge in [0.05, 0.1) is 40.8 Å². The average Bonchev–Trinajstić information content (AvgIpc) is 2.80. The summed E-state index contributed by atoms with van der Waals surface area (Å²) in [6, 6.07) is 8.62. The van der Waals surface area contributed by atoms with E-state index in [1.54, 1.807) is 12.1 Å². The molecule has 1 amide bonds. The Hall–Kier alpha value is -3.42. The van der Waals surface area contributed by atoms with Crippen LogP contribution in [-0.4, -0.2) is 46.7 Å². The van der Waals surface area contributed by atoms with E-state index in [4.69, 9.17) is 23.7 Å². The summed E-state index contributed by atoms with van der Waals surface area (Å²) in [7, 11) is 4.48. The zero-order valence-corrected chi connectivity index (χ0v) is 18.7. The molecule has 1 N–H and O–H groups in total. The van der Waals surface area contributed by atoms with Crippen LogP contribution in [0, 0.1) is 0 Å². The van der Waals surface area contributed by atoms with Crippen molar-refractivity contribution in [3.05, 3.63) is 41.5 Å². The number of ether oxygens (including phenoxy) is 5. The van der Waals surface area contributed by atoms with Gasteiger partial charge < -0.3 is 23.7 Å². The summed E-state index contributed by atoms with van der Waals surface area (Å²) in [5.41, 5.74) is 3.55.